The maximum absolute atomic E-state index is 12.2. The van der Waals surface area contributed by atoms with Gasteiger partial charge in [0.15, 0.2) is 0 Å². The molecule has 1 N–H and O–H groups in total. The van der Waals surface area contributed by atoms with Gasteiger partial charge in [-0.2, -0.15) is 0 Å². The Morgan fingerprint density at radius 1 is 1.00 bits per heavy atom. The SMILES string of the molecule is CC(C)(CC(=O)ON1C(=O)c2ccccc2C1=O)NC(=O)OC(C)(C)C. The molecule has 0 aliphatic carbocycles. The summed E-state index contributed by atoms with van der Waals surface area (Å²) in [7, 11) is 0. The molecular formula is C18H22N2O6. The van der Waals surface area contributed by atoms with Crippen LogP contribution in [0.4, 0.5) is 4.79 Å². The maximum atomic E-state index is 12.2. The molecule has 8 nitrogen and oxygen atoms in total. The number of hydrogen-bond acceptors (Lipinski definition) is 6. The molecule has 1 heterocycles. The average Bonchev–Trinajstić information content (AvgIpc) is 2.69. The van der Waals surface area contributed by atoms with E-state index in [9.17, 15) is 19.2 Å². The number of rotatable bonds is 4. The predicted molar refractivity (Wildman–Crippen MR) is 91.1 cm³/mol. The molecule has 0 unspecified atom stereocenters. The average molecular weight is 362 g/mol. The van der Waals surface area contributed by atoms with Crippen molar-refractivity contribution in [2.24, 2.45) is 0 Å². The summed E-state index contributed by atoms with van der Waals surface area (Å²) in [6, 6.07) is 6.20. The standard InChI is InChI=1S/C18H22N2O6/c1-17(2,3)25-16(24)19-18(4,5)10-13(21)26-20-14(22)11-8-6-7-9-12(11)15(20)23/h6-9H,10H2,1-5H3,(H,19,24). The summed E-state index contributed by atoms with van der Waals surface area (Å²) in [6.07, 6.45) is -0.948. The zero-order valence-electron chi connectivity index (χ0n) is 15.4. The first-order valence-corrected chi connectivity index (χ1v) is 8.09. The van der Waals surface area contributed by atoms with E-state index < -0.39 is 35.0 Å². The van der Waals surface area contributed by atoms with Crippen LogP contribution in [0.1, 0.15) is 61.8 Å². The second kappa shape index (κ2) is 6.78. The van der Waals surface area contributed by atoms with E-state index >= 15 is 0 Å². The van der Waals surface area contributed by atoms with Crippen LogP contribution in [0, 0.1) is 0 Å². The zero-order chi connectivity index (χ0) is 19.7. The van der Waals surface area contributed by atoms with Crippen molar-refractivity contribution in [1.29, 1.82) is 0 Å². The Kier molecular flexibility index (Phi) is 5.06. The minimum absolute atomic E-state index is 0.177. The molecule has 0 saturated heterocycles. The molecule has 0 fully saturated rings. The van der Waals surface area contributed by atoms with Crippen molar-refractivity contribution in [3.8, 4) is 0 Å². The minimum atomic E-state index is -1.00. The van der Waals surface area contributed by atoms with Crippen LogP contribution in [-0.4, -0.2) is 40.1 Å². The first kappa shape index (κ1) is 19.4. The fraction of sp³-hybridized carbons (Fsp3) is 0.444. The Morgan fingerprint density at radius 2 is 1.50 bits per heavy atom. The van der Waals surface area contributed by atoms with Crippen LogP contribution in [0.2, 0.25) is 0 Å². The highest BCUT2D eigenvalue weighted by molar-refractivity contribution is 6.20. The van der Waals surface area contributed by atoms with Gasteiger partial charge >= 0.3 is 12.1 Å². The summed E-state index contributed by atoms with van der Waals surface area (Å²) in [5.41, 5.74) is -1.33. The fourth-order valence-electron chi connectivity index (χ4n) is 2.37. The van der Waals surface area contributed by atoms with Crippen LogP contribution in [-0.2, 0) is 14.4 Å². The smallest absolute Gasteiger partial charge is 0.408 e. The molecule has 1 aliphatic rings. The molecule has 8 heteroatoms. The number of benzene rings is 1. The molecule has 2 rings (SSSR count). The zero-order valence-corrected chi connectivity index (χ0v) is 15.4. The Hall–Kier alpha value is -2.90. The lowest BCUT2D eigenvalue weighted by molar-refractivity contribution is -0.169. The van der Waals surface area contributed by atoms with Gasteiger partial charge in [-0.3, -0.25) is 9.59 Å². The molecule has 1 aromatic rings. The lowest BCUT2D eigenvalue weighted by atomic mass is 10.0. The number of imide groups is 1. The first-order valence-electron chi connectivity index (χ1n) is 8.09. The van der Waals surface area contributed by atoms with E-state index in [1.54, 1.807) is 46.8 Å². The Morgan fingerprint density at radius 3 is 1.96 bits per heavy atom. The van der Waals surface area contributed by atoms with Gasteiger partial charge in [-0.15, -0.1) is 0 Å². The summed E-state index contributed by atoms with van der Waals surface area (Å²) < 4.78 is 5.14. The van der Waals surface area contributed by atoms with Gasteiger partial charge in [-0.05, 0) is 46.8 Å². The molecule has 0 bridgehead atoms. The summed E-state index contributed by atoms with van der Waals surface area (Å²) >= 11 is 0. The number of hydrogen-bond donors (Lipinski definition) is 1. The van der Waals surface area contributed by atoms with Crippen molar-refractivity contribution in [2.45, 2.75) is 52.2 Å². The molecule has 140 valence electrons. The van der Waals surface area contributed by atoms with E-state index in [2.05, 4.69) is 5.32 Å². The maximum Gasteiger partial charge on any atom is 0.408 e. The van der Waals surface area contributed by atoms with Crippen LogP contribution in [0.25, 0.3) is 0 Å². The highest BCUT2D eigenvalue weighted by atomic mass is 16.7. The number of carbonyl (C=O) groups is 4. The summed E-state index contributed by atoms with van der Waals surface area (Å²) in [6.45, 7) is 8.35. The molecule has 0 spiro atoms. The van der Waals surface area contributed by atoms with Crippen molar-refractivity contribution in [3.63, 3.8) is 0 Å². The van der Waals surface area contributed by atoms with E-state index in [1.807, 2.05) is 0 Å². The second-order valence-corrected chi connectivity index (χ2v) is 7.60. The fourth-order valence-corrected chi connectivity index (χ4v) is 2.37. The molecule has 1 aromatic carbocycles. The third-order valence-electron chi connectivity index (χ3n) is 3.38. The van der Waals surface area contributed by atoms with Crippen molar-refractivity contribution in [3.05, 3.63) is 35.4 Å². The molecule has 0 aromatic heterocycles. The summed E-state index contributed by atoms with van der Waals surface area (Å²) in [5, 5.41) is 3.00. The van der Waals surface area contributed by atoms with Gasteiger partial charge in [0.25, 0.3) is 11.8 Å². The van der Waals surface area contributed by atoms with Crippen LogP contribution < -0.4 is 5.32 Å². The molecular weight excluding hydrogens is 340 g/mol. The van der Waals surface area contributed by atoms with E-state index in [1.165, 1.54) is 12.1 Å². The van der Waals surface area contributed by atoms with Crippen molar-refractivity contribution < 1.29 is 28.8 Å². The van der Waals surface area contributed by atoms with Gasteiger partial charge in [0.05, 0.1) is 17.5 Å². The minimum Gasteiger partial charge on any atom is -0.444 e. The molecule has 3 amide bonds. The lowest BCUT2D eigenvalue weighted by Gasteiger charge is -2.28. The highest BCUT2D eigenvalue weighted by Crippen LogP contribution is 2.23. The van der Waals surface area contributed by atoms with E-state index in [0.717, 1.165) is 0 Å². The van der Waals surface area contributed by atoms with E-state index in [-0.39, 0.29) is 17.5 Å². The molecule has 26 heavy (non-hydrogen) atoms. The lowest BCUT2D eigenvalue weighted by Crippen LogP contribution is -2.48. The van der Waals surface area contributed by atoms with Crippen molar-refractivity contribution in [1.82, 2.24) is 10.4 Å². The van der Waals surface area contributed by atoms with Crippen LogP contribution in [0.15, 0.2) is 24.3 Å². The number of alkyl carbamates (subject to hydrolysis) is 1. The quantitative estimate of drug-likeness (QED) is 0.826. The highest BCUT2D eigenvalue weighted by Gasteiger charge is 2.39. The Bertz CT molecular complexity index is 728. The number of carbonyl (C=O) groups excluding carboxylic acids is 4. The predicted octanol–water partition coefficient (Wildman–Crippen LogP) is 2.43. The number of amides is 3. The number of hydroxylamine groups is 2. The number of fused-ring (bicyclic) bond motifs is 1. The summed E-state index contributed by atoms with van der Waals surface area (Å²) in [4.78, 5) is 53.3. The van der Waals surface area contributed by atoms with Crippen LogP contribution >= 0.6 is 0 Å². The normalized spacial score (nSPS) is 14.1. The largest absolute Gasteiger partial charge is 0.444 e. The molecule has 1 aliphatic heterocycles. The van der Waals surface area contributed by atoms with Gasteiger partial charge in [0.2, 0.25) is 0 Å². The monoisotopic (exact) mass is 362 g/mol. The molecule has 0 atom stereocenters. The number of ether oxygens (including phenoxy) is 1. The van der Waals surface area contributed by atoms with Gasteiger partial charge in [0, 0.05) is 5.54 Å². The third-order valence-corrected chi connectivity index (χ3v) is 3.38. The van der Waals surface area contributed by atoms with Gasteiger partial charge in [-0.1, -0.05) is 17.2 Å². The van der Waals surface area contributed by atoms with Gasteiger partial charge in [-0.25, -0.2) is 9.59 Å². The second-order valence-electron chi connectivity index (χ2n) is 7.60. The van der Waals surface area contributed by atoms with Crippen molar-refractivity contribution >= 4 is 23.9 Å². The topological polar surface area (TPSA) is 102 Å². The van der Waals surface area contributed by atoms with Crippen LogP contribution in [0.5, 0.6) is 0 Å². The van der Waals surface area contributed by atoms with Crippen molar-refractivity contribution in [2.75, 3.05) is 0 Å². The Labute approximate surface area is 151 Å². The van der Waals surface area contributed by atoms with E-state index in [4.69, 9.17) is 9.57 Å². The number of nitrogens with zero attached hydrogens (tertiary/aromatic N) is 1. The van der Waals surface area contributed by atoms with E-state index in [0.29, 0.717) is 5.06 Å². The number of nitrogens with one attached hydrogen (secondary N) is 1. The Balaban J connectivity index is 1.97. The first-order chi connectivity index (χ1) is 11.9. The van der Waals surface area contributed by atoms with Gasteiger partial charge < -0.3 is 14.9 Å². The third kappa shape index (κ3) is 4.59. The molecule has 0 radical (unpaired) electrons. The van der Waals surface area contributed by atoms with Gasteiger partial charge in [0.1, 0.15) is 5.60 Å². The molecule has 0 saturated carbocycles. The van der Waals surface area contributed by atoms with Crippen LogP contribution in [0.3, 0.4) is 0 Å². The summed E-state index contributed by atoms with van der Waals surface area (Å²) in [5.74, 6) is -2.23.